The van der Waals surface area contributed by atoms with Crippen molar-refractivity contribution in [1.82, 2.24) is 0 Å². The van der Waals surface area contributed by atoms with Crippen molar-refractivity contribution >= 4 is 29.2 Å². The number of carbonyl (C=O) groups is 2. The number of nitrogens with one attached hydrogen (secondary N) is 1. The van der Waals surface area contributed by atoms with Gasteiger partial charge >= 0.3 is 5.97 Å². The zero-order chi connectivity index (χ0) is 12.1. The average Bonchev–Trinajstić information content (AvgIpc) is 2.20. The molecule has 0 aliphatic rings. The summed E-state index contributed by atoms with van der Waals surface area (Å²) in [5.74, 6) is -1.94. The first-order valence-corrected chi connectivity index (χ1v) is 5.15. The fraction of sp³-hybridized carbons (Fsp3) is 0.273. The van der Waals surface area contributed by atoms with Crippen LogP contribution in [0.15, 0.2) is 24.3 Å². The zero-order valence-corrected chi connectivity index (χ0v) is 9.49. The minimum Gasteiger partial charge on any atom is -0.481 e. The third-order valence-corrected chi connectivity index (χ3v) is 2.39. The Morgan fingerprint density at radius 2 is 2.06 bits per heavy atom. The van der Waals surface area contributed by atoms with Crippen molar-refractivity contribution in [1.29, 1.82) is 0 Å². The lowest BCUT2D eigenvalue weighted by Gasteiger charge is -2.10. The van der Waals surface area contributed by atoms with E-state index in [4.69, 9.17) is 16.7 Å². The van der Waals surface area contributed by atoms with Crippen molar-refractivity contribution in [3.63, 3.8) is 0 Å². The first kappa shape index (κ1) is 12.5. The van der Waals surface area contributed by atoms with E-state index in [2.05, 4.69) is 5.32 Å². The summed E-state index contributed by atoms with van der Waals surface area (Å²) in [6.45, 7) is 1.56. The van der Waals surface area contributed by atoms with Crippen LogP contribution in [-0.2, 0) is 9.59 Å². The predicted molar refractivity (Wildman–Crippen MR) is 61.5 cm³/mol. The number of aliphatic carboxylic acids is 1. The van der Waals surface area contributed by atoms with Crippen LogP contribution < -0.4 is 5.32 Å². The summed E-state index contributed by atoms with van der Waals surface area (Å²) in [7, 11) is 0. The number of hydrogen-bond acceptors (Lipinski definition) is 2. The molecule has 1 aromatic rings. The SMILES string of the molecule is CC(CC(=O)O)C(=O)Nc1ccccc1Cl. The third kappa shape index (κ3) is 3.55. The molecule has 0 aliphatic heterocycles. The van der Waals surface area contributed by atoms with Gasteiger partial charge < -0.3 is 10.4 Å². The fourth-order valence-corrected chi connectivity index (χ4v) is 1.36. The smallest absolute Gasteiger partial charge is 0.304 e. The topological polar surface area (TPSA) is 66.4 Å². The summed E-state index contributed by atoms with van der Waals surface area (Å²) in [6.07, 6.45) is -0.198. The van der Waals surface area contributed by atoms with Crippen LogP contribution in [0, 0.1) is 5.92 Å². The summed E-state index contributed by atoms with van der Waals surface area (Å²) in [6, 6.07) is 6.80. The van der Waals surface area contributed by atoms with E-state index in [-0.39, 0.29) is 12.3 Å². The van der Waals surface area contributed by atoms with Gasteiger partial charge in [0, 0.05) is 5.92 Å². The summed E-state index contributed by atoms with van der Waals surface area (Å²) < 4.78 is 0. The second kappa shape index (κ2) is 5.51. The van der Waals surface area contributed by atoms with Gasteiger partial charge in [-0.25, -0.2) is 0 Å². The van der Waals surface area contributed by atoms with Crippen LogP contribution in [0.3, 0.4) is 0 Å². The van der Waals surface area contributed by atoms with E-state index in [1.54, 1.807) is 31.2 Å². The number of hydrogen-bond donors (Lipinski definition) is 2. The summed E-state index contributed by atoms with van der Waals surface area (Å²) in [5, 5.41) is 11.6. The minimum absolute atomic E-state index is 0.198. The highest BCUT2D eigenvalue weighted by Gasteiger charge is 2.17. The van der Waals surface area contributed by atoms with Crippen molar-refractivity contribution in [3.8, 4) is 0 Å². The largest absolute Gasteiger partial charge is 0.481 e. The Morgan fingerprint density at radius 3 is 2.62 bits per heavy atom. The van der Waals surface area contributed by atoms with E-state index >= 15 is 0 Å². The molecule has 1 atom stereocenters. The number of para-hydroxylation sites is 1. The normalized spacial score (nSPS) is 11.9. The molecule has 0 radical (unpaired) electrons. The third-order valence-electron chi connectivity index (χ3n) is 2.06. The molecule has 5 heteroatoms. The molecule has 0 aromatic heterocycles. The van der Waals surface area contributed by atoms with Gasteiger partial charge in [0.15, 0.2) is 0 Å². The number of amides is 1. The molecule has 0 aliphatic carbocycles. The van der Waals surface area contributed by atoms with Gasteiger partial charge in [0.2, 0.25) is 5.91 Å². The van der Waals surface area contributed by atoms with Crippen LogP contribution in [0.1, 0.15) is 13.3 Å². The van der Waals surface area contributed by atoms with Crippen molar-refractivity contribution in [2.45, 2.75) is 13.3 Å². The van der Waals surface area contributed by atoms with Crippen LogP contribution in [0.5, 0.6) is 0 Å². The van der Waals surface area contributed by atoms with Crippen LogP contribution >= 0.6 is 11.6 Å². The van der Waals surface area contributed by atoms with Gasteiger partial charge in [-0.05, 0) is 12.1 Å². The summed E-state index contributed by atoms with van der Waals surface area (Å²) >= 11 is 5.85. The van der Waals surface area contributed by atoms with Crippen LogP contribution in [-0.4, -0.2) is 17.0 Å². The van der Waals surface area contributed by atoms with Crippen molar-refractivity contribution < 1.29 is 14.7 Å². The standard InChI is InChI=1S/C11H12ClNO3/c1-7(6-10(14)15)11(16)13-9-5-3-2-4-8(9)12/h2-5,7H,6H2,1H3,(H,13,16)(H,14,15). The molecule has 0 bridgehead atoms. The molecule has 0 heterocycles. The van der Waals surface area contributed by atoms with Crippen molar-refractivity contribution in [2.75, 3.05) is 5.32 Å². The highest BCUT2D eigenvalue weighted by atomic mass is 35.5. The molecule has 1 unspecified atom stereocenters. The van der Waals surface area contributed by atoms with E-state index in [0.29, 0.717) is 10.7 Å². The number of halogens is 1. The van der Waals surface area contributed by atoms with Crippen LogP contribution in [0.4, 0.5) is 5.69 Å². The van der Waals surface area contributed by atoms with Gasteiger partial charge in [-0.3, -0.25) is 9.59 Å². The van der Waals surface area contributed by atoms with Gasteiger partial charge in [-0.1, -0.05) is 30.7 Å². The van der Waals surface area contributed by atoms with Gasteiger partial charge in [0.05, 0.1) is 17.1 Å². The maximum absolute atomic E-state index is 11.6. The summed E-state index contributed by atoms with van der Waals surface area (Å²) in [4.78, 5) is 22.0. The number of anilines is 1. The van der Waals surface area contributed by atoms with Gasteiger partial charge in [-0.15, -0.1) is 0 Å². The Bertz CT molecular complexity index is 406. The first-order valence-electron chi connectivity index (χ1n) is 4.78. The number of rotatable bonds is 4. The van der Waals surface area contributed by atoms with E-state index in [9.17, 15) is 9.59 Å². The molecule has 16 heavy (non-hydrogen) atoms. The quantitative estimate of drug-likeness (QED) is 0.851. The van der Waals surface area contributed by atoms with Crippen LogP contribution in [0.25, 0.3) is 0 Å². The van der Waals surface area contributed by atoms with Crippen molar-refractivity contribution in [2.24, 2.45) is 5.92 Å². The highest BCUT2D eigenvalue weighted by molar-refractivity contribution is 6.33. The Labute approximate surface area is 98.2 Å². The minimum atomic E-state index is -0.998. The van der Waals surface area contributed by atoms with E-state index < -0.39 is 11.9 Å². The Hall–Kier alpha value is -1.55. The maximum atomic E-state index is 11.6. The molecule has 0 fully saturated rings. The van der Waals surface area contributed by atoms with E-state index in [1.807, 2.05) is 0 Å². The van der Waals surface area contributed by atoms with Gasteiger partial charge in [0.25, 0.3) is 0 Å². The second-order valence-corrected chi connectivity index (χ2v) is 3.88. The maximum Gasteiger partial charge on any atom is 0.304 e. The second-order valence-electron chi connectivity index (χ2n) is 3.47. The molecule has 0 saturated carbocycles. The lowest BCUT2D eigenvalue weighted by molar-refractivity contribution is -0.139. The number of carbonyl (C=O) groups excluding carboxylic acids is 1. The van der Waals surface area contributed by atoms with Gasteiger partial charge in [0.1, 0.15) is 0 Å². The van der Waals surface area contributed by atoms with E-state index in [1.165, 1.54) is 0 Å². The molecule has 0 saturated heterocycles. The fourth-order valence-electron chi connectivity index (χ4n) is 1.17. The lowest BCUT2D eigenvalue weighted by atomic mass is 10.1. The number of carboxylic acid groups (broad SMARTS) is 1. The number of carboxylic acids is 1. The molecular formula is C11H12ClNO3. The van der Waals surface area contributed by atoms with Gasteiger partial charge in [-0.2, -0.15) is 0 Å². The number of benzene rings is 1. The summed E-state index contributed by atoms with van der Waals surface area (Å²) in [5.41, 5.74) is 0.492. The molecule has 1 amide bonds. The van der Waals surface area contributed by atoms with E-state index in [0.717, 1.165) is 0 Å². The van der Waals surface area contributed by atoms with Crippen LogP contribution in [0.2, 0.25) is 5.02 Å². The highest BCUT2D eigenvalue weighted by Crippen LogP contribution is 2.21. The Kier molecular flexibility index (Phi) is 4.31. The lowest BCUT2D eigenvalue weighted by Crippen LogP contribution is -2.22. The first-order chi connectivity index (χ1) is 7.50. The molecule has 2 N–H and O–H groups in total. The predicted octanol–water partition coefficient (Wildman–Crippen LogP) is 2.39. The molecule has 1 aromatic carbocycles. The zero-order valence-electron chi connectivity index (χ0n) is 8.74. The average molecular weight is 242 g/mol. The monoisotopic (exact) mass is 241 g/mol. The molecule has 4 nitrogen and oxygen atoms in total. The molecular weight excluding hydrogens is 230 g/mol. The Morgan fingerprint density at radius 1 is 1.44 bits per heavy atom. The Balaban J connectivity index is 2.64. The van der Waals surface area contributed by atoms with Crippen molar-refractivity contribution in [3.05, 3.63) is 29.3 Å². The molecule has 0 spiro atoms. The molecule has 86 valence electrons. The molecule has 1 rings (SSSR count).